The van der Waals surface area contributed by atoms with Crippen LogP contribution in [0.3, 0.4) is 0 Å². The first-order valence-electron chi connectivity index (χ1n) is 7.77. The molecular weight excluding hydrogens is 383 g/mol. The van der Waals surface area contributed by atoms with Gasteiger partial charge in [-0.1, -0.05) is 23.2 Å². The van der Waals surface area contributed by atoms with Crippen molar-refractivity contribution in [2.24, 2.45) is 5.73 Å². The molecule has 1 aromatic heterocycles. The number of anilines is 1. The van der Waals surface area contributed by atoms with Gasteiger partial charge in [-0.05, 0) is 43.4 Å². The van der Waals surface area contributed by atoms with Gasteiger partial charge in [-0.2, -0.15) is 0 Å². The third kappa shape index (κ3) is 4.08. The SMILES string of the molecule is NC(=O)c1c(NC(=O)COc2cc(Cl)ccc2Cl)sc2c1CCCC2. The van der Waals surface area contributed by atoms with Crippen molar-refractivity contribution in [3.8, 4) is 5.75 Å². The van der Waals surface area contributed by atoms with E-state index < -0.39 is 11.8 Å². The molecule has 132 valence electrons. The Morgan fingerprint density at radius 3 is 2.76 bits per heavy atom. The number of aryl methyl sites for hydroxylation is 1. The van der Waals surface area contributed by atoms with Crippen molar-refractivity contribution in [3.63, 3.8) is 0 Å². The van der Waals surface area contributed by atoms with E-state index in [4.69, 9.17) is 33.7 Å². The lowest BCUT2D eigenvalue weighted by atomic mass is 9.95. The van der Waals surface area contributed by atoms with Crippen molar-refractivity contribution < 1.29 is 14.3 Å². The van der Waals surface area contributed by atoms with Crippen LogP contribution in [0.15, 0.2) is 18.2 Å². The van der Waals surface area contributed by atoms with Crippen molar-refractivity contribution in [1.29, 1.82) is 0 Å². The van der Waals surface area contributed by atoms with Crippen LogP contribution >= 0.6 is 34.5 Å². The molecule has 0 bridgehead atoms. The number of carbonyl (C=O) groups excluding carboxylic acids is 2. The van der Waals surface area contributed by atoms with E-state index >= 15 is 0 Å². The number of hydrogen-bond donors (Lipinski definition) is 2. The van der Waals surface area contributed by atoms with Crippen LogP contribution in [0.2, 0.25) is 10.0 Å². The van der Waals surface area contributed by atoms with Crippen molar-refractivity contribution >= 4 is 51.4 Å². The minimum atomic E-state index is -0.520. The Kier molecular flexibility index (Phi) is 5.51. The van der Waals surface area contributed by atoms with Gasteiger partial charge in [-0.15, -0.1) is 11.3 Å². The van der Waals surface area contributed by atoms with Gasteiger partial charge in [-0.25, -0.2) is 0 Å². The summed E-state index contributed by atoms with van der Waals surface area (Å²) in [4.78, 5) is 25.1. The molecule has 0 spiro atoms. The Hall–Kier alpha value is -1.76. The summed E-state index contributed by atoms with van der Waals surface area (Å²) in [7, 11) is 0. The van der Waals surface area contributed by atoms with E-state index in [1.807, 2.05) is 0 Å². The number of thiophene rings is 1. The largest absolute Gasteiger partial charge is 0.482 e. The maximum Gasteiger partial charge on any atom is 0.262 e. The lowest BCUT2D eigenvalue weighted by Gasteiger charge is -2.11. The molecule has 0 fully saturated rings. The van der Waals surface area contributed by atoms with Gasteiger partial charge in [0.25, 0.3) is 11.8 Å². The van der Waals surface area contributed by atoms with E-state index in [9.17, 15) is 9.59 Å². The second-order valence-corrected chi connectivity index (χ2v) is 7.64. The number of halogens is 2. The predicted octanol–water partition coefficient (Wildman–Crippen LogP) is 4.05. The van der Waals surface area contributed by atoms with E-state index in [1.165, 1.54) is 17.4 Å². The number of rotatable bonds is 5. The van der Waals surface area contributed by atoms with Gasteiger partial charge < -0.3 is 15.8 Å². The molecular formula is C17H16Cl2N2O3S. The van der Waals surface area contributed by atoms with Crippen LogP contribution in [0, 0.1) is 0 Å². The van der Waals surface area contributed by atoms with Crippen molar-refractivity contribution in [3.05, 3.63) is 44.2 Å². The maximum atomic E-state index is 12.2. The number of hydrogen-bond acceptors (Lipinski definition) is 4. The molecule has 0 aliphatic heterocycles. The fraction of sp³-hybridized carbons (Fsp3) is 0.294. The summed E-state index contributed by atoms with van der Waals surface area (Å²) in [6, 6.07) is 4.76. The normalized spacial score (nSPS) is 13.2. The molecule has 3 N–H and O–H groups in total. The summed E-state index contributed by atoms with van der Waals surface area (Å²) in [5, 5.41) is 4.04. The highest BCUT2D eigenvalue weighted by atomic mass is 35.5. The molecule has 0 radical (unpaired) electrons. The fourth-order valence-corrected chi connectivity index (χ4v) is 4.45. The van der Waals surface area contributed by atoms with Crippen molar-refractivity contribution in [2.45, 2.75) is 25.7 Å². The molecule has 0 unspecified atom stereocenters. The van der Waals surface area contributed by atoms with E-state index in [-0.39, 0.29) is 6.61 Å². The quantitative estimate of drug-likeness (QED) is 0.796. The molecule has 1 aromatic carbocycles. The van der Waals surface area contributed by atoms with Gasteiger partial charge >= 0.3 is 0 Å². The molecule has 1 aliphatic rings. The third-order valence-corrected chi connectivity index (χ3v) is 5.68. The summed E-state index contributed by atoms with van der Waals surface area (Å²) in [5.74, 6) is -0.587. The highest BCUT2D eigenvalue weighted by Gasteiger charge is 2.25. The predicted molar refractivity (Wildman–Crippen MR) is 100 cm³/mol. The topological polar surface area (TPSA) is 81.4 Å². The van der Waals surface area contributed by atoms with E-state index in [0.717, 1.165) is 36.1 Å². The van der Waals surface area contributed by atoms with Crippen LogP contribution in [0.1, 0.15) is 33.6 Å². The van der Waals surface area contributed by atoms with Crippen LogP contribution in [0.5, 0.6) is 5.75 Å². The van der Waals surface area contributed by atoms with Crippen molar-refractivity contribution in [2.75, 3.05) is 11.9 Å². The molecule has 0 saturated carbocycles. The first kappa shape index (κ1) is 18.0. The Morgan fingerprint density at radius 1 is 1.24 bits per heavy atom. The molecule has 0 atom stereocenters. The summed E-state index contributed by atoms with van der Waals surface area (Å²) >= 11 is 13.3. The number of nitrogens with two attached hydrogens (primary N) is 1. The Morgan fingerprint density at radius 2 is 2.00 bits per heavy atom. The van der Waals surface area contributed by atoms with Gasteiger partial charge in [-0.3, -0.25) is 9.59 Å². The lowest BCUT2D eigenvalue weighted by Crippen LogP contribution is -2.22. The number of ether oxygens (including phenoxy) is 1. The zero-order valence-electron chi connectivity index (χ0n) is 13.2. The minimum Gasteiger partial charge on any atom is -0.482 e. The fourth-order valence-electron chi connectivity index (χ4n) is 2.81. The molecule has 2 aromatic rings. The zero-order chi connectivity index (χ0) is 18.0. The van der Waals surface area contributed by atoms with Gasteiger partial charge in [0.2, 0.25) is 0 Å². The summed E-state index contributed by atoms with van der Waals surface area (Å²) in [5.41, 5.74) is 6.91. The van der Waals surface area contributed by atoms with Crippen LogP contribution < -0.4 is 15.8 Å². The highest BCUT2D eigenvalue weighted by molar-refractivity contribution is 7.17. The van der Waals surface area contributed by atoms with E-state index in [1.54, 1.807) is 12.1 Å². The maximum absolute atomic E-state index is 12.2. The molecule has 25 heavy (non-hydrogen) atoms. The van der Waals surface area contributed by atoms with Gasteiger partial charge in [0.05, 0.1) is 10.6 Å². The van der Waals surface area contributed by atoms with Crippen LogP contribution in [0.25, 0.3) is 0 Å². The first-order valence-corrected chi connectivity index (χ1v) is 9.35. The van der Waals surface area contributed by atoms with E-state index in [2.05, 4.69) is 5.32 Å². The Bertz CT molecular complexity index is 836. The molecule has 1 heterocycles. The summed E-state index contributed by atoms with van der Waals surface area (Å²) in [6.07, 6.45) is 3.82. The third-order valence-electron chi connectivity index (χ3n) is 3.92. The molecule has 0 saturated heterocycles. The number of benzene rings is 1. The number of fused-ring (bicyclic) bond motifs is 1. The van der Waals surface area contributed by atoms with Gasteiger partial charge in [0.1, 0.15) is 10.8 Å². The average Bonchev–Trinajstić information content (AvgIpc) is 2.93. The molecule has 2 amide bonds. The van der Waals surface area contributed by atoms with E-state index in [0.29, 0.717) is 26.4 Å². The summed E-state index contributed by atoms with van der Waals surface area (Å²) < 4.78 is 5.41. The van der Waals surface area contributed by atoms with Crippen LogP contribution in [-0.2, 0) is 17.6 Å². The minimum absolute atomic E-state index is 0.249. The Labute approximate surface area is 159 Å². The monoisotopic (exact) mass is 398 g/mol. The summed E-state index contributed by atoms with van der Waals surface area (Å²) in [6.45, 7) is -0.249. The van der Waals surface area contributed by atoms with Crippen LogP contribution in [0.4, 0.5) is 5.00 Å². The number of primary amides is 1. The molecule has 3 rings (SSSR count). The van der Waals surface area contributed by atoms with Gasteiger partial charge in [0, 0.05) is 16.0 Å². The standard InChI is InChI=1S/C17H16Cl2N2O3S/c18-9-5-6-11(19)12(7-9)24-8-14(22)21-17-15(16(20)23)10-3-1-2-4-13(10)25-17/h5-7H,1-4,8H2,(H2,20,23)(H,21,22). The molecule has 5 nitrogen and oxygen atoms in total. The van der Waals surface area contributed by atoms with Crippen LogP contribution in [-0.4, -0.2) is 18.4 Å². The lowest BCUT2D eigenvalue weighted by molar-refractivity contribution is -0.118. The number of nitrogens with one attached hydrogen (secondary N) is 1. The highest BCUT2D eigenvalue weighted by Crippen LogP contribution is 2.38. The number of amides is 2. The first-order chi connectivity index (χ1) is 12.0. The smallest absolute Gasteiger partial charge is 0.262 e. The molecule has 8 heteroatoms. The second kappa shape index (κ2) is 7.64. The number of carbonyl (C=O) groups is 2. The van der Waals surface area contributed by atoms with Crippen molar-refractivity contribution in [1.82, 2.24) is 0 Å². The van der Waals surface area contributed by atoms with Gasteiger partial charge in [0.15, 0.2) is 6.61 Å². The zero-order valence-corrected chi connectivity index (χ0v) is 15.6. The molecule has 1 aliphatic carbocycles. The second-order valence-electron chi connectivity index (χ2n) is 5.69. The Balaban J connectivity index is 1.72. The average molecular weight is 399 g/mol.